The van der Waals surface area contributed by atoms with Gasteiger partial charge in [0.2, 0.25) is 5.88 Å². The Labute approximate surface area is 170 Å². The summed E-state index contributed by atoms with van der Waals surface area (Å²) in [5.41, 5.74) is 1.80. The molecular weight excluding hydrogens is 398 g/mol. The van der Waals surface area contributed by atoms with Gasteiger partial charge in [-0.3, -0.25) is 0 Å². The van der Waals surface area contributed by atoms with Gasteiger partial charge in [0.05, 0.1) is 19.5 Å². The highest BCUT2D eigenvalue weighted by Gasteiger charge is 2.19. The molecular formula is C20H25NO7S. The zero-order chi connectivity index (χ0) is 21.3. The Hall–Kier alpha value is -2.65. The average molecular weight is 423 g/mol. The van der Waals surface area contributed by atoms with Crippen molar-refractivity contribution in [2.24, 2.45) is 0 Å². The van der Waals surface area contributed by atoms with Gasteiger partial charge in [0, 0.05) is 32.2 Å². The molecule has 0 aliphatic rings. The molecule has 0 saturated carbocycles. The molecule has 0 bridgehead atoms. The van der Waals surface area contributed by atoms with E-state index in [-0.39, 0.29) is 5.75 Å². The molecule has 158 valence electrons. The van der Waals surface area contributed by atoms with Crippen molar-refractivity contribution in [2.45, 2.75) is 25.9 Å². The Morgan fingerprint density at radius 1 is 1.10 bits per heavy atom. The number of pyridine rings is 1. The van der Waals surface area contributed by atoms with Crippen LogP contribution < -0.4 is 8.92 Å². The van der Waals surface area contributed by atoms with E-state index in [1.54, 1.807) is 43.5 Å². The number of aromatic nitrogens is 1. The summed E-state index contributed by atoms with van der Waals surface area (Å²) in [4.78, 5) is 16.0. The minimum Gasteiger partial charge on any atom is -0.477 e. The Balaban J connectivity index is 1.82. The van der Waals surface area contributed by atoms with Crippen molar-refractivity contribution in [2.75, 3.05) is 26.6 Å². The molecule has 0 spiro atoms. The predicted octanol–water partition coefficient (Wildman–Crippen LogP) is 2.16. The van der Waals surface area contributed by atoms with Gasteiger partial charge in [-0.2, -0.15) is 8.42 Å². The third-order valence-electron chi connectivity index (χ3n) is 3.86. The first-order chi connectivity index (χ1) is 13.8. The normalized spacial score (nSPS) is 12.2. The maximum Gasteiger partial charge on any atom is 0.335 e. The lowest BCUT2D eigenvalue weighted by Gasteiger charge is -2.14. The molecule has 0 N–H and O–H groups in total. The summed E-state index contributed by atoms with van der Waals surface area (Å²) in [6.45, 7) is 2.45. The summed E-state index contributed by atoms with van der Waals surface area (Å²) in [7, 11) is -2.07. The average Bonchev–Trinajstić information content (AvgIpc) is 2.67. The van der Waals surface area contributed by atoms with E-state index in [4.69, 9.17) is 18.4 Å². The van der Waals surface area contributed by atoms with E-state index in [1.165, 1.54) is 7.11 Å². The molecule has 1 aromatic carbocycles. The van der Waals surface area contributed by atoms with Crippen LogP contribution in [0.15, 0.2) is 42.6 Å². The van der Waals surface area contributed by atoms with Crippen LogP contribution in [0, 0.1) is 0 Å². The number of hydrogen-bond acceptors (Lipinski definition) is 8. The second kappa shape index (κ2) is 10.8. The van der Waals surface area contributed by atoms with E-state index in [9.17, 15) is 13.2 Å². The van der Waals surface area contributed by atoms with Crippen molar-refractivity contribution in [3.63, 3.8) is 0 Å². The summed E-state index contributed by atoms with van der Waals surface area (Å²) >= 11 is 0. The van der Waals surface area contributed by atoms with Gasteiger partial charge in [-0.1, -0.05) is 18.2 Å². The van der Waals surface area contributed by atoms with Gasteiger partial charge in [-0.15, -0.1) is 0 Å². The fourth-order valence-electron chi connectivity index (χ4n) is 2.49. The van der Waals surface area contributed by atoms with E-state index in [0.29, 0.717) is 31.9 Å². The fraction of sp³-hybridized carbons (Fsp3) is 0.400. The first kappa shape index (κ1) is 22.6. The fourth-order valence-corrected chi connectivity index (χ4v) is 2.95. The van der Waals surface area contributed by atoms with E-state index >= 15 is 0 Å². The lowest BCUT2D eigenvalue weighted by atomic mass is 10.1. The smallest absolute Gasteiger partial charge is 0.335 e. The molecule has 0 aliphatic carbocycles. The van der Waals surface area contributed by atoms with Crippen molar-refractivity contribution < 1.29 is 31.6 Å². The molecule has 1 heterocycles. The lowest BCUT2D eigenvalue weighted by molar-refractivity contribution is -0.154. The molecule has 0 fully saturated rings. The van der Waals surface area contributed by atoms with E-state index in [2.05, 4.69) is 4.98 Å². The van der Waals surface area contributed by atoms with Gasteiger partial charge < -0.3 is 18.4 Å². The Kier molecular flexibility index (Phi) is 8.41. The van der Waals surface area contributed by atoms with Crippen LogP contribution in [0.5, 0.6) is 11.6 Å². The highest BCUT2D eigenvalue weighted by Crippen LogP contribution is 2.15. The van der Waals surface area contributed by atoms with Crippen LogP contribution in [0.1, 0.15) is 18.1 Å². The molecule has 1 atom stereocenters. The van der Waals surface area contributed by atoms with E-state index in [0.717, 1.165) is 17.4 Å². The van der Waals surface area contributed by atoms with Crippen molar-refractivity contribution >= 4 is 16.1 Å². The molecule has 1 unspecified atom stereocenters. The Morgan fingerprint density at radius 3 is 2.34 bits per heavy atom. The first-order valence-corrected chi connectivity index (χ1v) is 10.9. The molecule has 2 rings (SSSR count). The molecule has 0 amide bonds. The maximum absolute atomic E-state index is 11.8. The van der Waals surface area contributed by atoms with Crippen LogP contribution in [0.4, 0.5) is 0 Å². The number of nitrogens with zero attached hydrogens (tertiary/aromatic N) is 1. The van der Waals surface area contributed by atoms with Crippen LogP contribution in [0.3, 0.4) is 0 Å². The van der Waals surface area contributed by atoms with Gasteiger partial charge in [0.1, 0.15) is 5.75 Å². The maximum atomic E-state index is 11.8. The number of benzene rings is 1. The van der Waals surface area contributed by atoms with Gasteiger partial charge in [0.25, 0.3) is 0 Å². The zero-order valence-corrected chi connectivity index (χ0v) is 17.5. The third kappa shape index (κ3) is 8.08. The van der Waals surface area contributed by atoms with Crippen molar-refractivity contribution in [3.05, 3.63) is 53.7 Å². The number of carbonyl (C=O) groups is 1. The second-order valence-electron chi connectivity index (χ2n) is 6.22. The number of ether oxygens (including phenoxy) is 3. The molecule has 0 radical (unpaired) electrons. The van der Waals surface area contributed by atoms with Crippen LogP contribution >= 0.6 is 0 Å². The molecule has 2 aromatic rings. The van der Waals surface area contributed by atoms with Crippen LogP contribution in [-0.4, -0.2) is 52.1 Å². The monoisotopic (exact) mass is 423 g/mol. The van der Waals surface area contributed by atoms with Crippen LogP contribution in [0.2, 0.25) is 0 Å². The van der Waals surface area contributed by atoms with Crippen molar-refractivity contribution in [1.29, 1.82) is 0 Å². The lowest BCUT2D eigenvalue weighted by Crippen LogP contribution is -2.27. The second-order valence-corrected chi connectivity index (χ2v) is 7.79. The predicted molar refractivity (Wildman–Crippen MR) is 106 cm³/mol. The Morgan fingerprint density at radius 2 is 1.79 bits per heavy atom. The van der Waals surface area contributed by atoms with E-state index in [1.807, 2.05) is 6.07 Å². The summed E-state index contributed by atoms with van der Waals surface area (Å²) in [6.07, 6.45) is 2.96. The van der Waals surface area contributed by atoms with Crippen molar-refractivity contribution in [1.82, 2.24) is 4.98 Å². The van der Waals surface area contributed by atoms with Crippen LogP contribution in [-0.2, 0) is 37.2 Å². The Bertz CT molecular complexity index is 880. The molecule has 1 aromatic heterocycles. The largest absolute Gasteiger partial charge is 0.477 e. The number of rotatable bonds is 11. The number of esters is 1. The molecule has 0 aliphatic heterocycles. The van der Waals surface area contributed by atoms with Gasteiger partial charge in [-0.25, -0.2) is 9.78 Å². The van der Waals surface area contributed by atoms with Crippen LogP contribution in [0.25, 0.3) is 0 Å². The molecule has 9 heteroatoms. The summed E-state index contributed by atoms with van der Waals surface area (Å²) in [6, 6.07) is 10.3. The number of hydrogen-bond donors (Lipinski definition) is 0. The summed E-state index contributed by atoms with van der Waals surface area (Å²) in [5, 5.41) is 0. The molecule has 29 heavy (non-hydrogen) atoms. The summed E-state index contributed by atoms with van der Waals surface area (Å²) in [5.74, 6) is 0.339. The minimum atomic E-state index is -3.53. The highest BCUT2D eigenvalue weighted by molar-refractivity contribution is 7.86. The number of methoxy groups -OCH3 is 1. The van der Waals surface area contributed by atoms with Gasteiger partial charge in [0.15, 0.2) is 6.10 Å². The van der Waals surface area contributed by atoms with E-state index < -0.39 is 22.2 Å². The SMILES string of the molecule is CCOC(=O)C(Cc1ccc(OCCc2ccc(OS(C)(=O)=O)cc2)nc1)OC. The minimum absolute atomic E-state index is 0.270. The van der Waals surface area contributed by atoms with Crippen molar-refractivity contribution in [3.8, 4) is 11.6 Å². The molecule has 8 nitrogen and oxygen atoms in total. The summed E-state index contributed by atoms with van der Waals surface area (Å²) < 4.78 is 42.8. The zero-order valence-electron chi connectivity index (χ0n) is 16.7. The molecule has 0 saturated heterocycles. The topological polar surface area (TPSA) is 101 Å². The van der Waals surface area contributed by atoms with Gasteiger partial charge in [-0.05, 0) is 30.2 Å². The highest BCUT2D eigenvalue weighted by atomic mass is 32.2. The third-order valence-corrected chi connectivity index (χ3v) is 4.36. The number of carbonyl (C=O) groups excluding carboxylic acids is 1. The van der Waals surface area contributed by atoms with Gasteiger partial charge >= 0.3 is 16.1 Å². The first-order valence-electron chi connectivity index (χ1n) is 9.06. The standard InChI is InChI=1S/C20H25NO7S/c1-4-26-20(22)18(25-2)13-16-7-10-19(21-14-16)27-12-11-15-5-8-17(9-6-15)28-29(3,23)24/h5-10,14,18H,4,11-13H2,1-3H3. The quantitative estimate of drug-likeness (QED) is 0.400.